The van der Waals surface area contributed by atoms with Crippen molar-refractivity contribution in [2.45, 2.75) is 0 Å². The van der Waals surface area contributed by atoms with Crippen molar-refractivity contribution in [1.82, 2.24) is 30.9 Å². The van der Waals surface area contributed by atoms with Gasteiger partial charge in [0.05, 0.1) is 0 Å². The molecule has 3 aromatic rings. The molecule has 3 heterocycles. The van der Waals surface area contributed by atoms with Crippen LogP contribution in [-0.2, 0) is 0 Å². The van der Waals surface area contributed by atoms with Crippen molar-refractivity contribution in [3.05, 3.63) is 20.2 Å². The van der Waals surface area contributed by atoms with Gasteiger partial charge in [0.1, 0.15) is 0 Å². The zero-order chi connectivity index (χ0) is 15.7. The molecule has 0 spiro atoms. The predicted octanol–water partition coefficient (Wildman–Crippen LogP) is -0.319. The Bertz CT molecular complexity index is 848. The standard InChI is InChI=1S/C6HN9O7/c16-14(17)6-4(11-22-13-6)2-1(8-20-9-2)3-5(7-15(18)19)12-21-10-3/h(H,7,12). The van der Waals surface area contributed by atoms with Gasteiger partial charge in [0.2, 0.25) is 5.69 Å². The Hall–Kier alpha value is -3.98. The van der Waals surface area contributed by atoms with Gasteiger partial charge in [-0.25, -0.2) is 19.4 Å². The third-order valence-electron chi connectivity index (χ3n) is 2.27. The van der Waals surface area contributed by atoms with Crippen molar-refractivity contribution in [1.29, 1.82) is 0 Å². The average Bonchev–Trinajstić information content (AvgIpc) is 3.16. The Kier molecular flexibility index (Phi) is 2.87. The quantitative estimate of drug-likeness (QED) is 0.471. The summed E-state index contributed by atoms with van der Waals surface area (Å²) in [6, 6.07) is 0. The lowest BCUT2D eigenvalue weighted by Gasteiger charge is -1.93. The van der Waals surface area contributed by atoms with E-state index in [1.807, 2.05) is 0 Å². The van der Waals surface area contributed by atoms with Gasteiger partial charge in [-0.3, -0.25) is 0 Å². The second-order valence-electron chi connectivity index (χ2n) is 3.49. The summed E-state index contributed by atoms with van der Waals surface area (Å²) in [5, 5.41) is 40.2. The first-order valence-electron chi connectivity index (χ1n) is 5.11. The van der Waals surface area contributed by atoms with E-state index in [2.05, 4.69) is 44.8 Å². The van der Waals surface area contributed by atoms with Crippen LogP contribution >= 0.6 is 0 Å². The molecule has 0 bridgehead atoms. The third-order valence-corrected chi connectivity index (χ3v) is 2.27. The monoisotopic (exact) mass is 311 g/mol. The first-order chi connectivity index (χ1) is 10.6. The maximum atomic E-state index is 10.8. The molecule has 16 nitrogen and oxygen atoms in total. The van der Waals surface area contributed by atoms with Crippen LogP contribution in [-0.4, -0.2) is 40.9 Å². The highest BCUT2D eigenvalue weighted by Crippen LogP contribution is 2.33. The van der Waals surface area contributed by atoms with Crippen molar-refractivity contribution >= 4 is 11.6 Å². The second-order valence-corrected chi connectivity index (χ2v) is 3.49. The van der Waals surface area contributed by atoms with E-state index < -0.39 is 27.3 Å². The highest BCUT2D eigenvalue weighted by atomic mass is 16.7. The van der Waals surface area contributed by atoms with Crippen molar-refractivity contribution in [3.63, 3.8) is 0 Å². The molecule has 0 aliphatic rings. The van der Waals surface area contributed by atoms with Crippen LogP contribution in [0.1, 0.15) is 0 Å². The minimum atomic E-state index is -0.920. The van der Waals surface area contributed by atoms with Crippen molar-refractivity contribution in [3.8, 4) is 22.8 Å². The summed E-state index contributed by atoms with van der Waals surface area (Å²) in [6.07, 6.45) is 0. The molecule has 22 heavy (non-hydrogen) atoms. The maximum Gasteiger partial charge on any atom is 0.444 e. The number of nitro groups is 2. The van der Waals surface area contributed by atoms with Crippen LogP contribution in [0.15, 0.2) is 13.9 Å². The van der Waals surface area contributed by atoms with E-state index in [1.54, 1.807) is 5.43 Å². The Balaban J connectivity index is 2.10. The van der Waals surface area contributed by atoms with E-state index in [0.29, 0.717) is 0 Å². The summed E-state index contributed by atoms with van der Waals surface area (Å²) in [7, 11) is 0. The Morgan fingerprint density at radius 2 is 1.32 bits per heavy atom. The minimum Gasteiger partial charge on any atom is -0.358 e. The zero-order valence-corrected chi connectivity index (χ0v) is 9.94. The summed E-state index contributed by atoms with van der Waals surface area (Å²) in [6.45, 7) is 0. The molecule has 16 heteroatoms. The number of nitrogens with one attached hydrogen (secondary N) is 1. The van der Waals surface area contributed by atoms with Gasteiger partial charge in [0, 0.05) is 0 Å². The number of anilines is 1. The van der Waals surface area contributed by atoms with Gasteiger partial charge in [-0.1, -0.05) is 5.43 Å². The Morgan fingerprint density at radius 1 is 0.773 bits per heavy atom. The Labute approximate surface area is 116 Å². The van der Waals surface area contributed by atoms with Crippen LogP contribution < -0.4 is 5.43 Å². The molecular formula is C6HN9O7. The SMILES string of the molecule is O=[N+]([O-])Nc1nonc1-c1nonc1-c1nonc1[N+](=O)[O-]. The molecule has 0 saturated carbocycles. The van der Waals surface area contributed by atoms with Crippen molar-refractivity contribution < 1.29 is 23.8 Å². The van der Waals surface area contributed by atoms with E-state index in [9.17, 15) is 20.2 Å². The van der Waals surface area contributed by atoms with Crippen LogP contribution in [0.25, 0.3) is 22.8 Å². The molecule has 0 amide bonds. The lowest BCUT2D eigenvalue weighted by atomic mass is 10.2. The molecule has 3 aromatic heterocycles. The van der Waals surface area contributed by atoms with Gasteiger partial charge in [0.15, 0.2) is 27.3 Å². The van der Waals surface area contributed by atoms with Gasteiger partial charge in [-0.2, -0.15) is 0 Å². The maximum absolute atomic E-state index is 10.8. The van der Waals surface area contributed by atoms with E-state index in [0.717, 1.165) is 0 Å². The van der Waals surface area contributed by atoms with Crippen molar-refractivity contribution in [2.75, 3.05) is 5.43 Å². The van der Waals surface area contributed by atoms with Crippen LogP contribution in [0, 0.1) is 20.2 Å². The summed E-state index contributed by atoms with van der Waals surface area (Å²) < 4.78 is 13.1. The first kappa shape index (κ1) is 13.0. The molecule has 112 valence electrons. The molecule has 0 fully saturated rings. The molecule has 0 saturated heterocycles. The number of hydrazine groups is 1. The molecule has 0 atom stereocenters. The molecule has 0 radical (unpaired) electrons. The van der Waals surface area contributed by atoms with E-state index in [-0.39, 0.29) is 17.1 Å². The van der Waals surface area contributed by atoms with Crippen LogP contribution in [0.5, 0.6) is 0 Å². The molecule has 1 N–H and O–H groups in total. The molecule has 0 aliphatic heterocycles. The number of nitrogens with zero attached hydrogens (tertiary/aromatic N) is 8. The molecular weight excluding hydrogens is 310 g/mol. The highest BCUT2D eigenvalue weighted by Gasteiger charge is 2.33. The molecule has 0 aliphatic carbocycles. The molecule has 3 rings (SSSR count). The van der Waals surface area contributed by atoms with E-state index in [4.69, 9.17) is 0 Å². The lowest BCUT2D eigenvalue weighted by Crippen LogP contribution is -2.09. The zero-order valence-electron chi connectivity index (χ0n) is 9.94. The van der Waals surface area contributed by atoms with Crippen LogP contribution in [0.2, 0.25) is 0 Å². The smallest absolute Gasteiger partial charge is 0.358 e. The van der Waals surface area contributed by atoms with Gasteiger partial charge >= 0.3 is 5.82 Å². The van der Waals surface area contributed by atoms with Gasteiger partial charge in [-0.15, -0.1) is 4.63 Å². The third kappa shape index (κ3) is 2.05. The fourth-order valence-electron chi connectivity index (χ4n) is 1.46. The predicted molar refractivity (Wildman–Crippen MR) is 58.2 cm³/mol. The van der Waals surface area contributed by atoms with Crippen LogP contribution in [0.3, 0.4) is 0 Å². The average molecular weight is 311 g/mol. The first-order valence-corrected chi connectivity index (χ1v) is 5.11. The normalized spacial score (nSPS) is 10.5. The van der Waals surface area contributed by atoms with Gasteiger partial charge in [-0.05, 0) is 30.7 Å². The van der Waals surface area contributed by atoms with E-state index in [1.165, 1.54) is 0 Å². The summed E-state index contributed by atoms with van der Waals surface area (Å²) >= 11 is 0. The summed E-state index contributed by atoms with van der Waals surface area (Å²) in [4.78, 5) is 20.4. The summed E-state index contributed by atoms with van der Waals surface area (Å²) in [5.74, 6) is -1.17. The van der Waals surface area contributed by atoms with Gasteiger partial charge < -0.3 is 10.1 Å². The number of aromatic nitrogens is 6. The van der Waals surface area contributed by atoms with Crippen molar-refractivity contribution in [2.24, 2.45) is 0 Å². The highest BCUT2D eigenvalue weighted by molar-refractivity contribution is 5.80. The minimum absolute atomic E-state index is 0.246. The topological polar surface area (TPSA) is 215 Å². The number of hydrogen-bond donors (Lipinski definition) is 1. The van der Waals surface area contributed by atoms with E-state index >= 15 is 0 Å². The fraction of sp³-hybridized carbons (Fsp3) is 0. The molecule has 0 unspecified atom stereocenters. The molecule has 0 aromatic carbocycles. The van der Waals surface area contributed by atoms with Gasteiger partial charge in [0.25, 0.3) is 5.82 Å². The summed E-state index contributed by atoms with van der Waals surface area (Å²) in [5.41, 5.74) is 0.496. The fourth-order valence-corrected chi connectivity index (χ4v) is 1.46. The number of hydrogen-bond acceptors (Lipinski definition) is 13. The largest absolute Gasteiger partial charge is 0.444 e. The number of rotatable bonds is 5. The second kappa shape index (κ2) is 4.85. The van der Waals surface area contributed by atoms with Crippen LogP contribution in [0.4, 0.5) is 11.6 Å². The Morgan fingerprint density at radius 3 is 2.00 bits per heavy atom. The lowest BCUT2D eigenvalue weighted by molar-refractivity contribution is -0.445.